The SMILES string of the molecule is O=C1CSc2cc(Br)ccc2CN1. The summed E-state index contributed by atoms with van der Waals surface area (Å²) in [6.07, 6.45) is 0. The first-order valence-electron chi connectivity index (χ1n) is 3.93. The number of benzene rings is 1. The van der Waals surface area contributed by atoms with Crippen LogP contribution in [0.1, 0.15) is 5.56 Å². The molecule has 0 radical (unpaired) electrons. The molecule has 0 fully saturated rings. The summed E-state index contributed by atoms with van der Waals surface area (Å²) in [5.41, 5.74) is 1.19. The molecule has 0 aromatic heterocycles. The third kappa shape index (κ3) is 2.06. The molecule has 0 atom stereocenters. The van der Waals surface area contributed by atoms with Gasteiger partial charge in [0.1, 0.15) is 0 Å². The van der Waals surface area contributed by atoms with Crippen LogP contribution in [-0.2, 0) is 11.3 Å². The first-order chi connectivity index (χ1) is 6.25. The maximum Gasteiger partial charge on any atom is 0.230 e. The van der Waals surface area contributed by atoms with Crippen molar-refractivity contribution in [3.63, 3.8) is 0 Å². The van der Waals surface area contributed by atoms with Crippen LogP contribution in [0.2, 0.25) is 0 Å². The number of fused-ring (bicyclic) bond motifs is 1. The molecule has 2 rings (SSSR count). The summed E-state index contributed by atoms with van der Waals surface area (Å²) >= 11 is 5.00. The highest BCUT2D eigenvalue weighted by molar-refractivity contribution is 9.10. The fraction of sp³-hybridized carbons (Fsp3) is 0.222. The molecule has 0 saturated heterocycles. The van der Waals surface area contributed by atoms with Gasteiger partial charge >= 0.3 is 0 Å². The Morgan fingerprint density at radius 2 is 2.31 bits per heavy atom. The lowest BCUT2D eigenvalue weighted by Gasteiger charge is -2.03. The molecule has 13 heavy (non-hydrogen) atoms. The first-order valence-corrected chi connectivity index (χ1v) is 5.71. The summed E-state index contributed by atoms with van der Waals surface area (Å²) in [4.78, 5) is 12.3. The molecule has 2 nitrogen and oxygen atoms in total. The summed E-state index contributed by atoms with van der Waals surface area (Å²) < 4.78 is 1.06. The molecule has 0 unspecified atom stereocenters. The Bertz CT molecular complexity index is 353. The Kier molecular flexibility index (Phi) is 2.60. The van der Waals surface area contributed by atoms with E-state index in [1.165, 1.54) is 10.5 Å². The van der Waals surface area contributed by atoms with Crippen LogP contribution in [0, 0.1) is 0 Å². The van der Waals surface area contributed by atoms with E-state index in [1.807, 2.05) is 12.1 Å². The molecule has 1 aromatic carbocycles. The third-order valence-corrected chi connectivity index (χ3v) is 3.45. The van der Waals surface area contributed by atoms with Gasteiger partial charge < -0.3 is 5.32 Å². The Hall–Kier alpha value is -0.480. The summed E-state index contributed by atoms with van der Waals surface area (Å²) in [7, 11) is 0. The van der Waals surface area contributed by atoms with Gasteiger partial charge in [0.2, 0.25) is 5.91 Å². The molecule has 1 aliphatic rings. The smallest absolute Gasteiger partial charge is 0.230 e. The third-order valence-electron chi connectivity index (χ3n) is 1.86. The minimum absolute atomic E-state index is 0.109. The number of halogens is 1. The highest BCUT2D eigenvalue weighted by atomic mass is 79.9. The van der Waals surface area contributed by atoms with Crippen LogP contribution in [0.25, 0.3) is 0 Å². The number of thioether (sulfide) groups is 1. The molecule has 1 aromatic rings. The van der Waals surface area contributed by atoms with Gasteiger partial charge in [0.15, 0.2) is 0 Å². The lowest BCUT2D eigenvalue weighted by Crippen LogP contribution is -2.22. The van der Waals surface area contributed by atoms with Gasteiger partial charge in [0.25, 0.3) is 0 Å². The molecular formula is C9H8BrNOS. The van der Waals surface area contributed by atoms with Gasteiger partial charge in [-0.15, -0.1) is 11.8 Å². The van der Waals surface area contributed by atoms with E-state index in [4.69, 9.17) is 0 Å². The molecule has 4 heteroatoms. The molecule has 1 N–H and O–H groups in total. The van der Waals surface area contributed by atoms with Crippen LogP contribution in [0.4, 0.5) is 0 Å². The summed E-state index contributed by atoms with van der Waals surface area (Å²) in [5, 5.41) is 2.85. The zero-order valence-electron chi connectivity index (χ0n) is 6.84. The predicted octanol–water partition coefficient (Wildman–Crippen LogP) is 2.17. The highest BCUT2D eigenvalue weighted by Crippen LogP contribution is 2.27. The number of carbonyl (C=O) groups is 1. The van der Waals surface area contributed by atoms with Gasteiger partial charge in [-0.25, -0.2) is 0 Å². The molecule has 0 spiro atoms. The van der Waals surface area contributed by atoms with Crippen molar-refractivity contribution >= 4 is 33.6 Å². The second-order valence-corrected chi connectivity index (χ2v) is 4.75. The molecule has 0 aliphatic carbocycles. The van der Waals surface area contributed by atoms with E-state index in [2.05, 4.69) is 27.3 Å². The minimum atomic E-state index is 0.109. The quantitative estimate of drug-likeness (QED) is 0.772. The van der Waals surface area contributed by atoms with Crippen molar-refractivity contribution in [3.8, 4) is 0 Å². The Morgan fingerprint density at radius 1 is 1.46 bits per heavy atom. The van der Waals surface area contributed by atoms with Crippen molar-refractivity contribution in [2.45, 2.75) is 11.4 Å². The van der Waals surface area contributed by atoms with Crippen molar-refractivity contribution in [1.29, 1.82) is 0 Å². The van der Waals surface area contributed by atoms with Gasteiger partial charge in [0.05, 0.1) is 5.75 Å². The number of amides is 1. The monoisotopic (exact) mass is 257 g/mol. The van der Waals surface area contributed by atoms with Crippen molar-refractivity contribution in [2.75, 3.05) is 5.75 Å². The largest absolute Gasteiger partial charge is 0.351 e. The van der Waals surface area contributed by atoms with Gasteiger partial charge in [-0.3, -0.25) is 4.79 Å². The van der Waals surface area contributed by atoms with E-state index >= 15 is 0 Å². The number of nitrogens with one attached hydrogen (secondary N) is 1. The van der Waals surface area contributed by atoms with Crippen molar-refractivity contribution < 1.29 is 4.79 Å². The molecule has 1 heterocycles. The van der Waals surface area contributed by atoms with E-state index in [1.54, 1.807) is 11.8 Å². The van der Waals surface area contributed by atoms with E-state index < -0.39 is 0 Å². The maximum absolute atomic E-state index is 11.1. The molecule has 68 valence electrons. The first kappa shape index (κ1) is 9.09. The van der Waals surface area contributed by atoms with E-state index in [0.717, 1.165) is 4.47 Å². The maximum atomic E-state index is 11.1. The normalized spacial score (nSPS) is 15.9. The topological polar surface area (TPSA) is 29.1 Å². The summed E-state index contributed by atoms with van der Waals surface area (Å²) in [6.45, 7) is 0.647. The highest BCUT2D eigenvalue weighted by Gasteiger charge is 2.12. The van der Waals surface area contributed by atoms with Crippen LogP contribution in [0.5, 0.6) is 0 Å². The van der Waals surface area contributed by atoms with Gasteiger partial charge in [-0.05, 0) is 17.7 Å². The lowest BCUT2D eigenvalue weighted by molar-refractivity contribution is -0.118. The average Bonchev–Trinajstić information content (AvgIpc) is 2.29. The molecular weight excluding hydrogens is 250 g/mol. The number of hydrogen-bond donors (Lipinski definition) is 1. The van der Waals surface area contributed by atoms with Crippen LogP contribution < -0.4 is 5.32 Å². The zero-order chi connectivity index (χ0) is 9.26. The number of hydrogen-bond acceptors (Lipinski definition) is 2. The summed E-state index contributed by atoms with van der Waals surface area (Å²) in [6, 6.07) is 6.09. The second-order valence-electron chi connectivity index (χ2n) is 2.82. The number of carbonyl (C=O) groups excluding carboxylic acids is 1. The Morgan fingerprint density at radius 3 is 3.15 bits per heavy atom. The lowest BCUT2D eigenvalue weighted by atomic mass is 10.2. The zero-order valence-corrected chi connectivity index (χ0v) is 9.24. The minimum Gasteiger partial charge on any atom is -0.351 e. The van der Waals surface area contributed by atoms with Crippen LogP contribution in [0.3, 0.4) is 0 Å². The van der Waals surface area contributed by atoms with E-state index in [0.29, 0.717) is 12.3 Å². The second kappa shape index (κ2) is 3.72. The molecule has 1 aliphatic heterocycles. The van der Waals surface area contributed by atoms with Gasteiger partial charge in [0, 0.05) is 15.9 Å². The Labute approximate surface area is 89.2 Å². The fourth-order valence-corrected chi connectivity index (χ4v) is 2.63. The summed E-state index contributed by atoms with van der Waals surface area (Å²) in [5.74, 6) is 0.626. The standard InChI is InChI=1S/C9H8BrNOS/c10-7-2-1-6-4-11-9(12)5-13-8(6)3-7/h1-3H,4-5H2,(H,11,12). The molecule has 0 bridgehead atoms. The van der Waals surface area contributed by atoms with Gasteiger partial charge in [-0.1, -0.05) is 22.0 Å². The molecule has 0 saturated carbocycles. The van der Waals surface area contributed by atoms with Crippen molar-refractivity contribution in [2.24, 2.45) is 0 Å². The fourth-order valence-electron chi connectivity index (χ4n) is 1.20. The average molecular weight is 258 g/mol. The Balaban J connectivity index is 2.35. The van der Waals surface area contributed by atoms with E-state index in [-0.39, 0.29) is 5.91 Å². The van der Waals surface area contributed by atoms with Crippen molar-refractivity contribution in [1.82, 2.24) is 5.32 Å². The van der Waals surface area contributed by atoms with Crippen LogP contribution in [0.15, 0.2) is 27.6 Å². The van der Waals surface area contributed by atoms with Crippen LogP contribution in [-0.4, -0.2) is 11.7 Å². The predicted molar refractivity (Wildman–Crippen MR) is 56.7 cm³/mol. The van der Waals surface area contributed by atoms with Gasteiger partial charge in [-0.2, -0.15) is 0 Å². The van der Waals surface area contributed by atoms with E-state index in [9.17, 15) is 4.79 Å². The van der Waals surface area contributed by atoms with Crippen molar-refractivity contribution in [3.05, 3.63) is 28.2 Å². The molecule has 1 amide bonds. The number of rotatable bonds is 0. The van der Waals surface area contributed by atoms with Crippen LogP contribution >= 0.6 is 27.7 Å².